The minimum atomic E-state index is -1.02. The summed E-state index contributed by atoms with van der Waals surface area (Å²) in [6, 6.07) is 12.7. The second-order valence-electron chi connectivity index (χ2n) is 4.25. The van der Waals surface area contributed by atoms with Crippen molar-refractivity contribution in [2.24, 2.45) is 0 Å². The van der Waals surface area contributed by atoms with E-state index < -0.39 is 5.97 Å². The molecule has 0 bridgehead atoms. The number of aromatic carboxylic acids is 1. The van der Waals surface area contributed by atoms with E-state index in [0.29, 0.717) is 17.1 Å². The molecule has 100 valence electrons. The fraction of sp³-hybridized carbons (Fsp3) is 0.0667. The topological polar surface area (TPSA) is 63.8 Å². The molecule has 3 aromatic rings. The molecule has 0 aliphatic rings. The summed E-state index contributed by atoms with van der Waals surface area (Å²) in [5, 5.41) is 9.48. The molecule has 1 aromatic carbocycles. The van der Waals surface area contributed by atoms with Gasteiger partial charge in [-0.05, 0) is 12.1 Å². The maximum absolute atomic E-state index is 11.6. The van der Waals surface area contributed by atoms with Gasteiger partial charge < -0.3 is 9.84 Å². The first-order valence-electron chi connectivity index (χ1n) is 6.06. The molecule has 5 nitrogen and oxygen atoms in total. The quantitative estimate of drug-likeness (QED) is 0.793. The van der Waals surface area contributed by atoms with Crippen LogP contribution in [0.5, 0.6) is 5.75 Å². The fourth-order valence-electron chi connectivity index (χ4n) is 2.20. The number of pyridine rings is 1. The van der Waals surface area contributed by atoms with Crippen LogP contribution in [-0.2, 0) is 0 Å². The number of methoxy groups -OCH3 is 1. The normalized spacial score (nSPS) is 10.7. The van der Waals surface area contributed by atoms with Gasteiger partial charge in [-0.15, -0.1) is 0 Å². The summed E-state index contributed by atoms with van der Waals surface area (Å²) in [6.07, 6.45) is 1.67. The highest BCUT2D eigenvalue weighted by molar-refractivity contribution is 5.95. The molecule has 0 fully saturated rings. The molecule has 0 aliphatic heterocycles. The molecule has 0 aliphatic carbocycles. The molecule has 2 aromatic heterocycles. The lowest BCUT2D eigenvalue weighted by molar-refractivity contribution is 0.0690. The van der Waals surface area contributed by atoms with Crippen LogP contribution in [0.15, 0.2) is 48.7 Å². The van der Waals surface area contributed by atoms with Gasteiger partial charge in [0.15, 0.2) is 17.1 Å². The number of imidazole rings is 1. The summed E-state index contributed by atoms with van der Waals surface area (Å²) in [5.41, 5.74) is 1.81. The number of benzene rings is 1. The number of nitrogens with zero attached hydrogens (tertiary/aromatic N) is 2. The second-order valence-corrected chi connectivity index (χ2v) is 4.25. The second kappa shape index (κ2) is 4.70. The van der Waals surface area contributed by atoms with E-state index >= 15 is 0 Å². The Labute approximate surface area is 115 Å². The summed E-state index contributed by atoms with van der Waals surface area (Å²) >= 11 is 0. The third kappa shape index (κ3) is 1.80. The summed E-state index contributed by atoms with van der Waals surface area (Å²) in [4.78, 5) is 16.0. The molecule has 3 rings (SSSR count). The van der Waals surface area contributed by atoms with E-state index in [0.717, 1.165) is 5.56 Å². The summed E-state index contributed by atoms with van der Waals surface area (Å²) in [6.45, 7) is 0. The first-order valence-corrected chi connectivity index (χ1v) is 6.06. The predicted octanol–water partition coefficient (Wildman–Crippen LogP) is 2.71. The predicted molar refractivity (Wildman–Crippen MR) is 74.1 cm³/mol. The van der Waals surface area contributed by atoms with E-state index in [4.69, 9.17) is 4.74 Å². The maximum atomic E-state index is 11.6. The Bertz CT molecular complexity index is 778. The van der Waals surface area contributed by atoms with Gasteiger partial charge in [-0.25, -0.2) is 9.78 Å². The fourth-order valence-corrected chi connectivity index (χ4v) is 2.20. The zero-order valence-corrected chi connectivity index (χ0v) is 10.8. The average Bonchev–Trinajstić information content (AvgIpc) is 2.87. The molecule has 0 amide bonds. The van der Waals surface area contributed by atoms with Crippen molar-refractivity contribution in [2.45, 2.75) is 0 Å². The van der Waals surface area contributed by atoms with Gasteiger partial charge >= 0.3 is 5.97 Å². The lowest BCUT2D eigenvalue weighted by atomic mass is 10.1. The Morgan fingerprint density at radius 2 is 1.95 bits per heavy atom. The van der Waals surface area contributed by atoms with Crippen molar-refractivity contribution in [1.29, 1.82) is 0 Å². The number of hydrogen-bond acceptors (Lipinski definition) is 3. The lowest BCUT2D eigenvalue weighted by Crippen LogP contribution is -2.03. The average molecular weight is 268 g/mol. The highest BCUT2D eigenvalue weighted by Gasteiger charge is 2.21. The number of fused-ring (bicyclic) bond motifs is 1. The smallest absolute Gasteiger partial charge is 0.355 e. The number of aromatic nitrogens is 2. The van der Waals surface area contributed by atoms with Gasteiger partial charge in [0, 0.05) is 11.8 Å². The summed E-state index contributed by atoms with van der Waals surface area (Å²) in [7, 11) is 1.53. The number of rotatable bonds is 3. The Hall–Kier alpha value is -2.82. The summed E-state index contributed by atoms with van der Waals surface area (Å²) < 4.78 is 6.77. The van der Waals surface area contributed by atoms with Crippen molar-refractivity contribution in [2.75, 3.05) is 7.11 Å². The van der Waals surface area contributed by atoms with E-state index in [-0.39, 0.29) is 5.69 Å². The molecule has 0 radical (unpaired) electrons. The van der Waals surface area contributed by atoms with Crippen LogP contribution in [0.3, 0.4) is 0 Å². The maximum Gasteiger partial charge on any atom is 0.355 e. The van der Waals surface area contributed by atoms with Crippen LogP contribution >= 0.6 is 0 Å². The molecule has 2 heterocycles. The standard InChI is InChI=1S/C15H12N2O3/c1-20-11-8-5-9-17-13(15(18)19)12(16-14(11)17)10-6-3-2-4-7-10/h2-9H,1H3,(H,18,19). The Kier molecular flexibility index (Phi) is 2.87. The van der Waals surface area contributed by atoms with Gasteiger partial charge in [0.05, 0.1) is 7.11 Å². The van der Waals surface area contributed by atoms with Crippen LogP contribution in [0.25, 0.3) is 16.9 Å². The first kappa shape index (κ1) is 12.2. The van der Waals surface area contributed by atoms with Gasteiger partial charge in [-0.3, -0.25) is 4.40 Å². The molecular weight excluding hydrogens is 256 g/mol. The number of ether oxygens (including phenoxy) is 1. The zero-order valence-electron chi connectivity index (χ0n) is 10.8. The van der Waals surface area contributed by atoms with Crippen LogP contribution in [0.1, 0.15) is 10.5 Å². The van der Waals surface area contributed by atoms with Crippen molar-refractivity contribution in [3.63, 3.8) is 0 Å². The molecule has 0 unspecified atom stereocenters. The molecule has 0 saturated heterocycles. The van der Waals surface area contributed by atoms with Crippen LogP contribution in [0, 0.1) is 0 Å². The van der Waals surface area contributed by atoms with Gasteiger partial charge in [0.1, 0.15) is 5.69 Å². The number of hydrogen-bond donors (Lipinski definition) is 1. The molecule has 20 heavy (non-hydrogen) atoms. The minimum absolute atomic E-state index is 0.130. The van der Waals surface area contributed by atoms with Crippen LogP contribution in [-0.4, -0.2) is 27.6 Å². The van der Waals surface area contributed by atoms with Gasteiger partial charge in [0.2, 0.25) is 0 Å². The van der Waals surface area contributed by atoms with Gasteiger partial charge in [-0.2, -0.15) is 0 Å². The van der Waals surface area contributed by atoms with Crippen LogP contribution < -0.4 is 4.74 Å². The number of carboxylic acids is 1. The van der Waals surface area contributed by atoms with Crippen molar-refractivity contribution in [3.8, 4) is 17.0 Å². The molecule has 0 atom stereocenters. The molecule has 5 heteroatoms. The third-order valence-electron chi connectivity index (χ3n) is 3.08. The van der Waals surface area contributed by atoms with E-state index in [2.05, 4.69) is 4.98 Å². The Morgan fingerprint density at radius 1 is 1.20 bits per heavy atom. The zero-order chi connectivity index (χ0) is 14.1. The van der Waals surface area contributed by atoms with Crippen molar-refractivity contribution in [1.82, 2.24) is 9.38 Å². The molecular formula is C15H12N2O3. The van der Waals surface area contributed by atoms with E-state index in [1.807, 2.05) is 30.3 Å². The number of carboxylic acid groups (broad SMARTS) is 1. The first-order chi connectivity index (χ1) is 9.72. The SMILES string of the molecule is COc1cccn2c(C(=O)O)c(-c3ccccc3)nc12. The van der Waals surface area contributed by atoms with Crippen LogP contribution in [0.4, 0.5) is 0 Å². The highest BCUT2D eigenvalue weighted by Crippen LogP contribution is 2.28. The van der Waals surface area contributed by atoms with Gasteiger partial charge in [0.25, 0.3) is 0 Å². The molecule has 0 spiro atoms. The number of carbonyl (C=O) groups is 1. The van der Waals surface area contributed by atoms with Crippen molar-refractivity contribution < 1.29 is 14.6 Å². The Balaban J connectivity index is 2.37. The minimum Gasteiger partial charge on any atom is -0.493 e. The van der Waals surface area contributed by atoms with E-state index in [9.17, 15) is 9.90 Å². The lowest BCUT2D eigenvalue weighted by Gasteiger charge is -2.02. The van der Waals surface area contributed by atoms with Crippen molar-refractivity contribution in [3.05, 3.63) is 54.4 Å². The third-order valence-corrected chi connectivity index (χ3v) is 3.08. The van der Waals surface area contributed by atoms with Crippen molar-refractivity contribution >= 4 is 11.6 Å². The monoisotopic (exact) mass is 268 g/mol. The van der Waals surface area contributed by atoms with E-state index in [1.165, 1.54) is 11.5 Å². The van der Waals surface area contributed by atoms with Gasteiger partial charge in [-0.1, -0.05) is 30.3 Å². The summed E-state index contributed by atoms with van der Waals surface area (Å²) in [5.74, 6) is -0.484. The molecule has 1 N–H and O–H groups in total. The largest absolute Gasteiger partial charge is 0.493 e. The molecule has 0 saturated carbocycles. The Morgan fingerprint density at radius 3 is 2.60 bits per heavy atom. The highest BCUT2D eigenvalue weighted by atomic mass is 16.5. The van der Waals surface area contributed by atoms with Crippen LogP contribution in [0.2, 0.25) is 0 Å². The van der Waals surface area contributed by atoms with E-state index in [1.54, 1.807) is 18.3 Å².